The van der Waals surface area contributed by atoms with Gasteiger partial charge in [0.2, 0.25) is 5.95 Å². The molecule has 0 bridgehead atoms. The lowest BCUT2D eigenvalue weighted by molar-refractivity contribution is -0.174. The first-order valence-corrected chi connectivity index (χ1v) is 7.04. The minimum absolute atomic E-state index is 0.0234. The highest BCUT2D eigenvalue weighted by Crippen LogP contribution is 2.44. The zero-order valence-electron chi connectivity index (χ0n) is 13.0. The molecule has 0 radical (unpaired) electrons. The first kappa shape index (κ1) is 15.9. The highest BCUT2D eigenvalue weighted by atomic mass is 16.6. The van der Waals surface area contributed by atoms with Crippen LogP contribution in [0.1, 0.15) is 13.8 Å². The fourth-order valence-corrected chi connectivity index (χ4v) is 2.91. The molecule has 1 saturated heterocycles. The molecule has 5 N–H and O–H groups in total. The van der Waals surface area contributed by atoms with Crippen molar-refractivity contribution in [3.8, 4) is 0 Å². The second kappa shape index (κ2) is 4.74. The van der Waals surface area contributed by atoms with E-state index in [1.165, 1.54) is 31.8 Å². The molecule has 3 heterocycles. The first-order valence-electron chi connectivity index (χ1n) is 7.04. The molecule has 10 heteroatoms. The minimum Gasteiger partial charge on any atom is -0.394 e. The topological polar surface area (TPSA) is 149 Å². The van der Waals surface area contributed by atoms with Gasteiger partial charge in [0, 0.05) is 7.05 Å². The number of nitrogens with zero attached hydrogens (tertiary/aromatic N) is 4. The number of aromatic nitrogens is 4. The number of nitrogens with two attached hydrogens (primary N) is 1. The van der Waals surface area contributed by atoms with Crippen LogP contribution >= 0.6 is 0 Å². The van der Waals surface area contributed by atoms with Gasteiger partial charge < -0.3 is 25.8 Å². The number of nitrogen functional groups attached to an aromatic ring is 1. The van der Waals surface area contributed by atoms with Crippen LogP contribution in [0.5, 0.6) is 0 Å². The second-order valence-electron chi connectivity index (χ2n) is 6.04. The Morgan fingerprint density at radius 2 is 2.13 bits per heavy atom. The summed E-state index contributed by atoms with van der Waals surface area (Å²) in [5.41, 5.74) is 2.21. The van der Waals surface area contributed by atoms with Gasteiger partial charge in [-0.05, 0) is 13.8 Å². The largest absolute Gasteiger partial charge is 0.394 e. The fourth-order valence-electron chi connectivity index (χ4n) is 2.91. The van der Waals surface area contributed by atoms with E-state index in [1.807, 2.05) is 0 Å². The number of rotatable bonds is 2. The van der Waals surface area contributed by atoms with Crippen molar-refractivity contribution in [1.82, 2.24) is 19.1 Å². The van der Waals surface area contributed by atoms with Crippen LogP contribution in [-0.2, 0) is 17.5 Å². The van der Waals surface area contributed by atoms with Crippen LogP contribution in [0.3, 0.4) is 0 Å². The molecule has 0 aromatic carbocycles. The number of fused-ring (bicyclic) bond motifs is 1. The van der Waals surface area contributed by atoms with E-state index in [4.69, 9.17) is 10.5 Å². The molecule has 4 atom stereocenters. The molecule has 0 aliphatic carbocycles. The normalized spacial score (nSPS) is 34.3. The van der Waals surface area contributed by atoms with Gasteiger partial charge in [-0.2, -0.15) is 4.98 Å². The highest BCUT2D eigenvalue weighted by Gasteiger charge is 2.61. The molecule has 1 fully saturated rings. The number of aliphatic hydroxyl groups is 3. The second-order valence-corrected chi connectivity index (χ2v) is 6.04. The van der Waals surface area contributed by atoms with Crippen molar-refractivity contribution >= 4 is 17.1 Å². The Balaban J connectivity index is 2.27. The van der Waals surface area contributed by atoms with E-state index in [0.717, 1.165) is 4.57 Å². The van der Waals surface area contributed by atoms with E-state index in [2.05, 4.69) is 9.97 Å². The Kier molecular flexibility index (Phi) is 3.27. The van der Waals surface area contributed by atoms with Gasteiger partial charge in [0.1, 0.15) is 17.8 Å². The summed E-state index contributed by atoms with van der Waals surface area (Å²) < 4.78 is 8.17. The minimum atomic E-state index is -1.76. The van der Waals surface area contributed by atoms with Crippen LogP contribution in [0.4, 0.5) is 5.95 Å². The maximum Gasteiger partial charge on any atom is 0.282 e. The molecule has 23 heavy (non-hydrogen) atoms. The Hall–Kier alpha value is -2.01. The average molecular weight is 325 g/mol. The quantitative estimate of drug-likeness (QED) is 0.490. The van der Waals surface area contributed by atoms with Crippen LogP contribution in [0.2, 0.25) is 0 Å². The van der Waals surface area contributed by atoms with Crippen LogP contribution in [0.15, 0.2) is 11.1 Å². The van der Waals surface area contributed by atoms with E-state index in [9.17, 15) is 20.1 Å². The number of imidazole rings is 1. The lowest BCUT2D eigenvalue weighted by Crippen LogP contribution is -2.53. The van der Waals surface area contributed by atoms with Gasteiger partial charge in [0.15, 0.2) is 16.9 Å². The monoisotopic (exact) mass is 325 g/mol. The average Bonchev–Trinajstić information content (AvgIpc) is 2.99. The first-order chi connectivity index (χ1) is 10.6. The van der Waals surface area contributed by atoms with Crippen molar-refractivity contribution in [2.75, 3.05) is 12.3 Å². The van der Waals surface area contributed by atoms with Crippen LogP contribution in [0, 0.1) is 0 Å². The number of aliphatic hydroxyl groups excluding tert-OH is 2. The molecule has 2 aromatic heterocycles. The number of hydrogen-bond acceptors (Lipinski definition) is 8. The molecule has 0 saturated carbocycles. The standard InChI is InChI=1S/C13H19N5O5/c1-12(22)8(20)6(4-19)23-13(12,2)18-5-15-7-9(18)16-11(14)17(3)10(7)21/h5-6,8,19-20,22H,4H2,1-3H3,(H2,14,16)/t6-,8-,12-,13-/m1/s1. The third kappa shape index (κ3) is 1.86. The smallest absolute Gasteiger partial charge is 0.282 e. The summed E-state index contributed by atoms with van der Waals surface area (Å²) >= 11 is 0. The van der Waals surface area contributed by atoms with Gasteiger partial charge in [-0.25, -0.2) is 4.98 Å². The summed E-state index contributed by atoms with van der Waals surface area (Å²) in [7, 11) is 1.47. The van der Waals surface area contributed by atoms with E-state index in [1.54, 1.807) is 0 Å². The van der Waals surface area contributed by atoms with Gasteiger partial charge in [-0.1, -0.05) is 0 Å². The van der Waals surface area contributed by atoms with E-state index in [-0.39, 0.29) is 17.1 Å². The van der Waals surface area contributed by atoms with E-state index in [0.29, 0.717) is 0 Å². The summed E-state index contributed by atoms with van der Waals surface area (Å²) in [6.45, 7) is 2.42. The van der Waals surface area contributed by atoms with E-state index < -0.39 is 35.7 Å². The summed E-state index contributed by atoms with van der Waals surface area (Å²) in [6.07, 6.45) is -1.03. The van der Waals surface area contributed by atoms with Crippen molar-refractivity contribution in [3.05, 3.63) is 16.7 Å². The maximum atomic E-state index is 12.2. The van der Waals surface area contributed by atoms with Crippen LogP contribution in [-0.4, -0.2) is 58.8 Å². The predicted molar refractivity (Wildman–Crippen MR) is 79.4 cm³/mol. The molecule has 10 nitrogen and oxygen atoms in total. The Morgan fingerprint density at radius 3 is 2.70 bits per heavy atom. The van der Waals surface area contributed by atoms with Gasteiger partial charge in [0.25, 0.3) is 5.56 Å². The molecular formula is C13H19N5O5. The van der Waals surface area contributed by atoms with Crippen molar-refractivity contribution in [3.63, 3.8) is 0 Å². The highest BCUT2D eigenvalue weighted by molar-refractivity contribution is 5.71. The molecule has 1 aliphatic rings. The Bertz CT molecular complexity index is 828. The number of ether oxygens (including phenoxy) is 1. The van der Waals surface area contributed by atoms with Crippen molar-refractivity contribution in [1.29, 1.82) is 0 Å². The molecule has 0 spiro atoms. The maximum absolute atomic E-state index is 12.2. The third-order valence-corrected chi connectivity index (χ3v) is 4.70. The zero-order valence-corrected chi connectivity index (χ0v) is 13.0. The molecule has 2 aromatic rings. The van der Waals surface area contributed by atoms with Crippen molar-refractivity contribution in [2.45, 2.75) is 37.4 Å². The SMILES string of the molecule is Cn1c(N)nc2c(ncn2[C@]2(C)O[C@H](CO)[C@@H](O)[C@@]2(C)O)c1=O. The molecule has 0 amide bonds. The summed E-state index contributed by atoms with van der Waals surface area (Å²) in [5, 5.41) is 30.3. The Labute approximate surface area is 130 Å². The summed E-state index contributed by atoms with van der Waals surface area (Å²) in [5.74, 6) is -0.0234. The number of hydrogen-bond donors (Lipinski definition) is 4. The Morgan fingerprint density at radius 1 is 1.48 bits per heavy atom. The van der Waals surface area contributed by atoms with E-state index >= 15 is 0 Å². The summed E-state index contributed by atoms with van der Waals surface area (Å²) in [6, 6.07) is 0. The van der Waals surface area contributed by atoms with Gasteiger partial charge >= 0.3 is 0 Å². The molecule has 126 valence electrons. The lowest BCUT2D eigenvalue weighted by Gasteiger charge is -2.37. The number of anilines is 1. The van der Waals surface area contributed by atoms with Gasteiger partial charge in [-0.3, -0.25) is 13.9 Å². The molecular weight excluding hydrogens is 306 g/mol. The van der Waals surface area contributed by atoms with Gasteiger partial charge in [-0.15, -0.1) is 0 Å². The van der Waals surface area contributed by atoms with Crippen LogP contribution in [0.25, 0.3) is 11.2 Å². The summed E-state index contributed by atoms with van der Waals surface area (Å²) in [4.78, 5) is 20.4. The van der Waals surface area contributed by atoms with Crippen LogP contribution < -0.4 is 11.3 Å². The third-order valence-electron chi connectivity index (χ3n) is 4.70. The fraction of sp³-hybridized carbons (Fsp3) is 0.615. The zero-order chi connectivity index (χ0) is 17.2. The van der Waals surface area contributed by atoms with Crippen molar-refractivity contribution < 1.29 is 20.1 Å². The molecule has 3 rings (SSSR count). The van der Waals surface area contributed by atoms with Crippen molar-refractivity contribution in [2.24, 2.45) is 7.05 Å². The lowest BCUT2D eigenvalue weighted by atomic mass is 9.88. The van der Waals surface area contributed by atoms with Gasteiger partial charge in [0.05, 0.1) is 12.9 Å². The molecule has 0 unspecified atom stereocenters. The predicted octanol–water partition coefficient (Wildman–Crippen LogP) is -2.11. The molecule has 1 aliphatic heterocycles.